The maximum absolute atomic E-state index is 4.16. The third-order valence-corrected chi connectivity index (χ3v) is 2.38. The summed E-state index contributed by atoms with van der Waals surface area (Å²) in [5.74, 6) is 0.796. The van der Waals surface area contributed by atoms with Crippen molar-refractivity contribution in [1.29, 1.82) is 0 Å². The van der Waals surface area contributed by atoms with Gasteiger partial charge in [0.1, 0.15) is 5.82 Å². The first-order chi connectivity index (χ1) is 8.25. The molecule has 0 aliphatic heterocycles. The van der Waals surface area contributed by atoms with Crippen LogP contribution in [0.3, 0.4) is 0 Å². The highest BCUT2D eigenvalue weighted by atomic mass is 15.4. The van der Waals surface area contributed by atoms with Crippen LogP contribution in [0.4, 0.5) is 17.2 Å². The first-order valence-electron chi connectivity index (χ1n) is 5.46. The third-order valence-electron chi connectivity index (χ3n) is 2.38. The maximum atomic E-state index is 4.16. The summed E-state index contributed by atoms with van der Waals surface area (Å²) in [6, 6.07) is 13.9. The van der Waals surface area contributed by atoms with Gasteiger partial charge in [-0.1, -0.05) is 6.07 Å². The first-order valence-corrected chi connectivity index (χ1v) is 5.46. The normalized spacial score (nSPS) is 9.76. The molecular weight excluding hydrogens is 212 g/mol. The molecule has 1 aromatic carbocycles. The van der Waals surface area contributed by atoms with Gasteiger partial charge in [-0.3, -0.25) is 10.9 Å². The largest absolute Gasteiger partial charge is 0.378 e. The van der Waals surface area contributed by atoms with Crippen molar-refractivity contribution in [3.8, 4) is 0 Å². The molecule has 0 unspecified atom stereocenters. The molecule has 0 amide bonds. The van der Waals surface area contributed by atoms with Crippen LogP contribution in [-0.2, 0) is 0 Å². The second-order valence-corrected chi connectivity index (χ2v) is 3.91. The number of nitrogens with zero attached hydrogens (tertiary/aromatic N) is 2. The van der Waals surface area contributed by atoms with E-state index in [1.165, 1.54) is 5.69 Å². The lowest BCUT2D eigenvalue weighted by atomic mass is 10.3. The number of anilines is 3. The summed E-state index contributed by atoms with van der Waals surface area (Å²) in [4.78, 5) is 6.22. The van der Waals surface area contributed by atoms with Crippen molar-refractivity contribution in [2.45, 2.75) is 0 Å². The van der Waals surface area contributed by atoms with E-state index in [0.717, 1.165) is 11.5 Å². The van der Waals surface area contributed by atoms with Crippen molar-refractivity contribution in [3.05, 3.63) is 48.7 Å². The Hall–Kier alpha value is -2.23. The number of pyridine rings is 1. The Morgan fingerprint density at radius 2 is 1.71 bits per heavy atom. The molecule has 1 heterocycles. The van der Waals surface area contributed by atoms with Gasteiger partial charge in [0.05, 0.1) is 5.69 Å². The number of benzene rings is 1. The van der Waals surface area contributed by atoms with Gasteiger partial charge in [-0.25, -0.2) is 4.98 Å². The minimum Gasteiger partial charge on any atom is -0.378 e. The Morgan fingerprint density at radius 1 is 0.941 bits per heavy atom. The second kappa shape index (κ2) is 5.21. The quantitative estimate of drug-likeness (QED) is 0.789. The van der Waals surface area contributed by atoms with Gasteiger partial charge in [0.15, 0.2) is 0 Å². The van der Waals surface area contributed by atoms with Crippen LogP contribution in [0.2, 0.25) is 0 Å². The Morgan fingerprint density at radius 3 is 2.29 bits per heavy atom. The molecule has 0 aliphatic carbocycles. The van der Waals surface area contributed by atoms with Crippen molar-refractivity contribution < 1.29 is 0 Å². The van der Waals surface area contributed by atoms with Crippen LogP contribution in [-0.4, -0.2) is 19.1 Å². The number of nitrogens with one attached hydrogen (secondary N) is 2. The van der Waals surface area contributed by atoms with Gasteiger partial charge in [-0.15, -0.1) is 0 Å². The highest BCUT2D eigenvalue weighted by molar-refractivity contribution is 5.56. The summed E-state index contributed by atoms with van der Waals surface area (Å²) in [5, 5.41) is 0. The van der Waals surface area contributed by atoms with Crippen molar-refractivity contribution in [3.63, 3.8) is 0 Å². The van der Waals surface area contributed by atoms with E-state index in [2.05, 4.69) is 32.9 Å². The molecule has 0 saturated heterocycles. The topological polar surface area (TPSA) is 40.2 Å². The average molecular weight is 228 g/mol. The zero-order valence-corrected chi connectivity index (χ0v) is 10.0. The summed E-state index contributed by atoms with van der Waals surface area (Å²) in [6.07, 6.45) is 1.75. The van der Waals surface area contributed by atoms with Crippen LogP contribution in [0.5, 0.6) is 0 Å². The summed E-state index contributed by atoms with van der Waals surface area (Å²) in [7, 11) is 4.04. The molecule has 0 saturated carbocycles. The first kappa shape index (κ1) is 11.3. The van der Waals surface area contributed by atoms with Gasteiger partial charge in [-0.05, 0) is 36.4 Å². The van der Waals surface area contributed by atoms with E-state index in [-0.39, 0.29) is 0 Å². The zero-order chi connectivity index (χ0) is 12.1. The molecule has 0 fully saturated rings. The van der Waals surface area contributed by atoms with E-state index in [9.17, 15) is 0 Å². The van der Waals surface area contributed by atoms with E-state index in [0.29, 0.717) is 0 Å². The molecule has 4 heteroatoms. The molecular formula is C13H16N4. The zero-order valence-electron chi connectivity index (χ0n) is 10.0. The molecule has 0 bridgehead atoms. The minimum absolute atomic E-state index is 0.796. The molecule has 0 aliphatic rings. The molecule has 0 spiro atoms. The monoisotopic (exact) mass is 228 g/mol. The smallest absolute Gasteiger partial charge is 0.144 e. The Kier molecular flexibility index (Phi) is 3.45. The standard InChI is InChI=1S/C13H16N4/c1-17(2)12-8-6-11(7-9-12)15-16-13-5-3-4-10-14-13/h3-10,15H,1-2H3,(H,14,16). The van der Waals surface area contributed by atoms with Crippen molar-refractivity contribution in [2.24, 2.45) is 0 Å². The van der Waals surface area contributed by atoms with E-state index in [4.69, 9.17) is 0 Å². The summed E-state index contributed by atoms with van der Waals surface area (Å²) in [6.45, 7) is 0. The van der Waals surface area contributed by atoms with E-state index in [1.54, 1.807) is 6.20 Å². The highest BCUT2D eigenvalue weighted by Crippen LogP contribution is 2.15. The number of hydrazine groups is 1. The second-order valence-electron chi connectivity index (χ2n) is 3.91. The lowest BCUT2D eigenvalue weighted by Gasteiger charge is -2.13. The van der Waals surface area contributed by atoms with Crippen LogP contribution >= 0.6 is 0 Å². The van der Waals surface area contributed by atoms with Crippen LogP contribution < -0.4 is 15.8 Å². The average Bonchev–Trinajstić information content (AvgIpc) is 2.38. The summed E-state index contributed by atoms with van der Waals surface area (Å²) in [5.41, 5.74) is 8.31. The fourth-order valence-electron chi connectivity index (χ4n) is 1.42. The van der Waals surface area contributed by atoms with Crippen molar-refractivity contribution in [1.82, 2.24) is 4.98 Å². The molecule has 2 rings (SSSR count). The van der Waals surface area contributed by atoms with E-state index in [1.807, 2.05) is 44.4 Å². The molecule has 0 radical (unpaired) electrons. The molecule has 4 nitrogen and oxygen atoms in total. The van der Waals surface area contributed by atoms with E-state index >= 15 is 0 Å². The predicted molar refractivity (Wildman–Crippen MR) is 72.3 cm³/mol. The fourth-order valence-corrected chi connectivity index (χ4v) is 1.42. The van der Waals surface area contributed by atoms with Crippen LogP contribution in [0.25, 0.3) is 0 Å². The van der Waals surface area contributed by atoms with Crippen LogP contribution in [0.15, 0.2) is 48.7 Å². The number of hydrogen-bond donors (Lipinski definition) is 2. The number of aromatic nitrogens is 1. The fraction of sp³-hybridized carbons (Fsp3) is 0.154. The number of rotatable bonds is 4. The van der Waals surface area contributed by atoms with Crippen LogP contribution in [0, 0.1) is 0 Å². The third kappa shape index (κ3) is 3.11. The molecule has 2 N–H and O–H groups in total. The molecule has 17 heavy (non-hydrogen) atoms. The number of hydrogen-bond acceptors (Lipinski definition) is 4. The van der Waals surface area contributed by atoms with Gasteiger partial charge in [0.2, 0.25) is 0 Å². The van der Waals surface area contributed by atoms with Crippen molar-refractivity contribution in [2.75, 3.05) is 29.8 Å². The molecule has 88 valence electrons. The van der Waals surface area contributed by atoms with Gasteiger partial charge >= 0.3 is 0 Å². The molecule has 1 aromatic heterocycles. The molecule has 0 atom stereocenters. The highest BCUT2D eigenvalue weighted by Gasteiger charge is 1.95. The minimum atomic E-state index is 0.796. The summed E-state index contributed by atoms with van der Waals surface area (Å²) < 4.78 is 0. The predicted octanol–water partition coefficient (Wildman–Crippen LogP) is 2.59. The maximum Gasteiger partial charge on any atom is 0.144 e. The van der Waals surface area contributed by atoms with Gasteiger partial charge in [0, 0.05) is 26.0 Å². The van der Waals surface area contributed by atoms with Crippen molar-refractivity contribution >= 4 is 17.2 Å². The lowest BCUT2D eigenvalue weighted by Crippen LogP contribution is -2.11. The Bertz CT molecular complexity index is 451. The summed E-state index contributed by atoms with van der Waals surface area (Å²) >= 11 is 0. The van der Waals surface area contributed by atoms with Gasteiger partial charge in [-0.2, -0.15) is 0 Å². The van der Waals surface area contributed by atoms with Gasteiger partial charge in [0.25, 0.3) is 0 Å². The Labute approximate surface area is 101 Å². The lowest BCUT2D eigenvalue weighted by molar-refractivity contribution is 1.13. The van der Waals surface area contributed by atoms with E-state index < -0.39 is 0 Å². The Balaban J connectivity index is 1.96. The SMILES string of the molecule is CN(C)c1ccc(NNc2ccccn2)cc1. The van der Waals surface area contributed by atoms with Crippen LogP contribution in [0.1, 0.15) is 0 Å². The van der Waals surface area contributed by atoms with Gasteiger partial charge < -0.3 is 4.90 Å². The molecule has 2 aromatic rings.